The Bertz CT molecular complexity index is 649. The van der Waals surface area contributed by atoms with Crippen LogP contribution in [0.15, 0.2) is 40.9 Å². The first kappa shape index (κ1) is 16.4. The molecule has 0 radical (unpaired) electrons. The van der Waals surface area contributed by atoms with Crippen LogP contribution in [-0.2, 0) is 0 Å². The van der Waals surface area contributed by atoms with Crippen molar-refractivity contribution < 1.29 is 13.6 Å². The molecule has 0 heterocycles. The highest BCUT2D eigenvalue weighted by Crippen LogP contribution is 2.21. The second kappa shape index (κ2) is 7.31. The molecule has 2 aromatic carbocycles. The number of amides is 1. The van der Waals surface area contributed by atoms with Gasteiger partial charge in [-0.3, -0.25) is 4.79 Å². The third kappa shape index (κ3) is 4.23. The Morgan fingerprint density at radius 1 is 1.14 bits per heavy atom. The molecule has 0 fully saturated rings. The van der Waals surface area contributed by atoms with Gasteiger partial charge in [-0.25, -0.2) is 8.78 Å². The van der Waals surface area contributed by atoms with E-state index in [1.165, 1.54) is 4.90 Å². The van der Waals surface area contributed by atoms with E-state index in [-0.39, 0.29) is 12.5 Å². The van der Waals surface area contributed by atoms with Gasteiger partial charge in [0.15, 0.2) is 0 Å². The van der Waals surface area contributed by atoms with E-state index in [9.17, 15) is 13.6 Å². The van der Waals surface area contributed by atoms with Gasteiger partial charge in [0.2, 0.25) is 0 Å². The average Bonchev–Trinajstić information content (AvgIpc) is 2.45. The Morgan fingerprint density at radius 2 is 1.81 bits per heavy atom. The molecule has 2 aromatic rings. The normalized spacial score (nSPS) is 11.1. The number of carbonyl (C=O) groups is 1. The second-order valence-electron chi connectivity index (χ2n) is 4.54. The van der Waals surface area contributed by atoms with Gasteiger partial charge < -0.3 is 4.90 Å². The van der Waals surface area contributed by atoms with Crippen LogP contribution < -0.4 is 0 Å². The van der Waals surface area contributed by atoms with Crippen LogP contribution >= 0.6 is 31.9 Å². The quantitative estimate of drug-likeness (QED) is 0.641. The number of nitrogens with zero attached hydrogens (tertiary/aromatic N) is 1. The standard InChI is InChI=1S/C15H13Br2F2NO/c16-5-6-20(9-14(18)19)15(21)12-2-1-11-8-13(17)4-3-10(11)7-12/h1-4,7-8,14H,5-6,9H2. The maximum absolute atomic E-state index is 12.6. The summed E-state index contributed by atoms with van der Waals surface area (Å²) >= 11 is 6.57. The zero-order valence-electron chi connectivity index (χ0n) is 11.0. The Kier molecular flexibility index (Phi) is 5.70. The Labute approximate surface area is 138 Å². The van der Waals surface area contributed by atoms with Crippen molar-refractivity contribution >= 4 is 48.5 Å². The predicted molar refractivity (Wildman–Crippen MR) is 87.3 cm³/mol. The lowest BCUT2D eigenvalue weighted by atomic mass is 10.1. The van der Waals surface area contributed by atoms with E-state index >= 15 is 0 Å². The summed E-state index contributed by atoms with van der Waals surface area (Å²) in [6, 6.07) is 10.9. The van der Waals surface area contributed by atoms with E-state index in [2.05, 4.69) is 31.9 Å². The minimum absolute atomic E-state index is 0.252. The van der Waals surface area contributed by atoms with Crippen molar-refractivity contribution in [3.63, 3.8) is 0 Å². The van der Waals surface area contributed by atoms with Crippen LogP contribution in [0.5, 0.6) is 0 Å². The van der Waals surface area contributed by atoms with Crippen molar-refractivity contribution in [2.75, 3.05) is 18.4 Å². The molecule has 0 aliphatic heterocycles. The van der Waals surface area contributed by atoms with Crippen molar-refractivity contribution in [2.45, 2.75) is 6.43 Å². The van der Waals surface area contributed by atoms with Gasteiger partial charge >= 0.3 is 0 Å². The fourth-order valence-electron chi connectivity index (χ4n) is 2.08. The Balaban J connectivity index is 2.30. The van der Waals surface area contributed by atoms with Crippen LogP contribution in [-0.4, -0.2) is 35.7 Å². The van der Waals surface area contributed by atoms with Crippen molar-refractivity contribution in [1.82, 2.24) is 4.90 Å². The zero-order valence-corrected chi connectivity index (χ0v) is 14.2. The molecule has 0 unspecified atom stereocenters. The van der Waals surface area contributed by atoms with E-state index < -0.39 is 13.0 Å². The smallest absolute Gasteiger partial charge is 0.255 e. The van der Waals surface area contributed by atoms with Gasteiger partial charge in [0.1, 0.15) is 0 Å². The minimum atomic E-state index is -2.54. The first-order valence-electron chi connectivity index (χ1n) is 6.34. The average molecular weight is 421 g/mol. The molecule has 2 rings (SSSR count). The van der Waals surface area contributed by atoms with Crippen LogP contribution in [0, 0.1) is 0 Å². The molecule has 0 bridgehead atoms. The fraction of sp³-hybridized carbons (Fsp3) is 0.267. The van der Waals surface area contributed by atoms with E-state index in [4.69, 9.17) is 0 Å². The molecule has 0 saturated carbocycles. The Morgan fingerprint density at radius 3 is 2.48 bits per heavy atom. The lowest BCUT2D eigenvalue weighted by Gasteiger charge is -2.21. The van der Waals surface area contributed by atoms with Gasteiger partial charge in [-0.1, -0.05) is 44.0 Å². The maximum Gasteiger partial charge on any atom is 0.255 e. The maximum atomic E-state index is 12.6. The first-order chi connectivity index (χ1) is 10.0. The number of hydrogen-bond donors (Lipinski definition) is 0. The third-order valence-electron chi connectivity index (χ3n) is 3.05. The van der Waals surface area contributed by atoms with Crippen LogP contribution in [0.4, 0.5) is 8.78 Å². The molecular weight excluding hydrogens is 408 g/mol. The zero-order chi connectivity index (χ0) is 15.4. The van der Waals surface area contributed by atoms with Crippen molar-refractivity contribution in [1.29, 1.82) is 0 Å². The lowest BCUT2D eigenvalue weighted by Crippen LogP contribution is -2.36. The van der Waals surface area contributed by atoms with Gasteiger partial charge in [0.05, 0.1) is 6.54 Å². The number of hydrogen-bond acceptors (Lipinski definition) is 1. The van der Waals surface area contributed by atoms with E-state index in [0.717, 1.165) is 15.2 Å². The summed E-state index contributed by atoms with van der Waals surface area (Å²) < 4.78 is 26.1. The summed E-state index contributed by atoms with van der Waals surface area (Å²) in [4.78, 5) is 13.5. The van der Waals surface area contributed by atoms with Crippen LogP contribution in [0.25, 0.3) is 10.8 Å². The number of fused-ring (bicyclic) bond motifs is 1. The highest BCUT2D eigenvalue weighted by Gasteiger charge is 2.19. The van der Waals surface area contributed by atoms with Gasteiger partial charge in [-0.05, 0) is 35.0 Å². The van der Waals surface area contributed by atoms with Gasteiger partial charge in [-0.15, -0.1) is 0 Å². The van der Waals surface area contributed by atoms with E-state index in [0.29, 0.717) is 10.9 Å². The van der Waals surface area contributed by atoms with E-state index in [1.807, 2.05) is 24.3 Å². The molecular formula is C15H13Br2F2NO. The Hall–Kier alpha value is -1.01. The molecule has 0 aliphatic rings. The fourth-order valence-corrected chi connectivity index (χ4v) is 2.88. The topological polar surface area (TPSA) is 20.3 Å². The molecule has 0 aromatic heterocycles. The highest BCUT2D eigenvalue weighted by atomic mass is 79.9. The predicted octanol–water partition coefficient (Wildman–Crippen LogP) is 4.70. The largest absolute Gasteiger partial charge is 0.332 e. The van der Waals surface area contributed by atoms with Crippen molar-refractivity contribution in [3.8, 4) is 0 Å². The summed E-state index contributed by atoms with van der Waals surface area (Å²) in [7, 11) is 0. The summed E-state index contributed by atoms with van der Waals surface area (Å²) in [6.07, 6.45) is -2.54. The second-order valence-corrected chi connectivity index (χ2v) is 6.25. The van der Waals surface area contributed by atoms with Gasteiger partial charge in [0, 0.05) is 21.9 Å². The summed E-state index contributed by atoms with van der Waals surface area (Å²) in [5.41, 5.74) is 0.423. The summed E-state index contributed by atoms with van der Waals surface area (Å²) in [5, 5.41) is 2.35. The lowest BCUT2D eigenvalue weighted by molar-refractivity contribution is 0.0572. The summed E-state index contributed by atoms with van der Waals surface area (Å²) in [5.74, 6) is -0.375. The van der Waals surface area contributed by atoms with Crippen molar-refractivity contribution in [2.24, 2.45) is 0 Å². The molecule has 0 N–H and O–H groups in total. The number of rotatable bonds is 5. The third-order valence-corrected chi connectivity index (χ3v) is 3.90. The van der Waals surface area contributed by atoms with Crippen LogP contribution in [0.2, 0.25) is 0 Å². The molecule has 1 amide bonds. The molecule has 21 heavy (non-hydrogen) atoms. The molecule has 112 valence electrons. The molecule has 0 atom stereocenters. The van der Waals surface area contributed by atoms with Gasteiger partial charge in [0.25, 0.3) is 12.3 Å². The number of benzene rings is 2. The first-order valence-corrected chi connectivity index (χ1v) is 8.25. The molecule has 0 spiro atoms. The number of halogens is 4. The van der Waals surface area contributed by atoms with Crippen LogP contribution in [0.1, 0.15) is 10.4 Å². The highest BCUT2D eigenvalue weighted by molar-refractivity contribution is 9.10. The number of alkyl halides is 3. The molecule has 0 saturated heterocycles. The minimum Gasteiger partial charge on any atom is -0.332 e. The van der Waals surface area contributed by atoms with Crippen molar-refractivity contribution in [3.05, 3.63) is 46.4 Å². The number of carbonyl (C=O) groups excluding carboxylic acids is 1. The summed E-state index contributed by atoms with van der Waals surface area (Å²) in [6.45, 7) is -0.301. The molecule has 0 aliphatic carbocycles. The van der Waals surface area contributed by atoms with Crippen LogP contribution in [0.3, 0.4) is 0 Å². The molecule has 6 heteroatoms. The van der Waals surface area contributed by atoms with E-state index in [1.54, 1.807) is 12.1 Å². The monoisotopic (exact) mass is 419 g/mol. The SMILES string of the molecule is O=C(c1ccc2cc(Br)ccc2c1)N(CCBr)CC(F)F. The molecule has 2 nitrogen and oxygen atoms in total. The van der Waals surface area contributed by atoms with Gasteiger partial charge in [-0.2, -0.15) is 0 Å².